The van der Waals surface area contributed by atoms with Crippen LogP contribution < -0.4 is 5.32 Å². The molecule has 0 fully saturated rings. The van der Waals surface area contributed by atoms with Crippen LogP contribution in [0.2, 0.25) is 5.02 Å². The number of furan rings is 1. The summed E-state index contributed by atoms with van der Waals surface area (Å²) in [6.45, 7) is 1.81. The summed E-state index contributed by atoms with van der Waals surface area (Å²) in [5.74, 6) is 0.0231. The summed E-state index contributed by atoms with van der Waals surface area (Å²) in [5.41, 5.74) is 1.42. The first-order valence-electron chi connectivity index (χ1n) is 4.88. The van der Waals surface area contributed by atoms with E-state index in [9.17, 15) is 4.79 Å². The van der Waals surface area contributed by atoms with Crippen molar-refractivity contribution in [1.82, 2.24) is 0 Å². The van der Waals surface area contributed by atoms with E-state index in [1.54, 1.807) is 24.3 Å². The van der Waals surface area contributed by atoms with Crippen molar-refractivity contribution >= 4 is 39.1 Å². The van der Waals surface area contributed by atoms with Gasteiger partial charge >= 0.3 is 0 Å². The maximum atomic E-state index is 11.8. The number of amides is 1. The van der Waals surface area contributed by atoms with Crippen LogP contribution in [0, 0.1) is 6.92 Å². The van der Waals surface area contributed by atoms with Crippen LogP contribution in [-0.4, -0.2) is 5.91 Å². The van der Waals surface area contributed by atoms with Crippen LogP contribution >= 0.6 is 27.5 Å². The molecule has 1 heterocycles. The van der Waals surface area contributed by atoms with Gasteiger partial charge < -0.3 is 9.73 Å². The lowest BCUT2D eigenvalue weighted by Gasteiger charge is -2.05. The lowest BCUT2D eigenvalue weighted by molar-refractivity contribution is 0.0996. The van der Waals surface area contributed by atoms with Gasteiger partial charge in [0.1, 0.15) is 0 Å². The van der Waals surface area contributed by atoms with E-state index in [0.717, 1.165) is 10.0 Å². The molecule has 5 heteroatoms. The highest BCUT2D eigenvalue weighted by molar-refractivity contribution is 9.10. The second-order valence-electron chi connectivity index (χ2n) is 3.52. The Hall–Kier alpha value is -1.26. The fourth-order valence-electron chi connectivity index (χ4n) is 1.37. The van der Waals surface area contributed by atoms with Gasteiger partial charge in [-0.1, -0.05) is 11.6 Å². The van der Waals surface area contributed by atoms with E-state index < -0.39 is 0 Å². The number of aryl methyl sites for hydroxylation is 1. The van der Waals surface area contributed by atoms with Crippen molar-refractivity contribution in [2.75, 3.05) is 5.32 Å². The van der Waals surface area contributed by atoms with E-state index in [1.807, 2.05) is 6.92 Å². The van der Waals surface area contributed by atoms with Crippen LogP contribution in [0.5, 0.6) is 0 Å². The van der Waals surface area contributed by atoms with Gasteiger partial charge in [-0.15, -0.1) is 0 Å². The van der Waals surface area contributed by atoms with E-state index in [4.69, 9.17) is 16.0 Å². The Morgan fingerprint density at radius 1 is 1.41 bits per heavy atom. The molecule has 88 valence electrons. The third kappa shape index (κ3) is 2.70. The summed E-state index contributed by atoms with van der Waals surface area (Å²) in [4.78, 5) is 11.8. The second-order valence-corrected chi connectivity index (χ2v) is 4.78. The van der Waals surface area contributed by atoms with Gasteiger partial charge in [0.05, 0.1) is 11.3 Å². The van der Waals surface area contributed by atoms with Gasteiger partial charge in [0, 0.05) is 15.7 Å². The average Bonchev–Trinajstić information content (AvgIpc) is 2.70. The number of carbonyl (C=O) groups is 1. The van der Waals surface area contributed by atoms with Crippen LogP contribution in [0.3, 0.4) is 0 Å². The molecule has 17 heavy (non-hydrogen) atoms. The van der Waals surface area contributed by atoms with Gasteiger partial charge in [-0.3, -0.25) is 4.79 Å². The highest BCUT2D eigenvalue weighted by atomic mass is 79.9. The molecule has 0 aliphatic carbocycles. The molecule has 0 saturated heterocycles. The zero-order chi connectivity index (χ0) is 12.4. The molecule has 2 rings (SSSR count). The third-order valence-electron chi connectivity index (χ3n) is 2.25. The summed E-state index contributed by atoms with van der Waals surface area (Å²) in [6, 6.07) is 6.93. The van der Waals surface area contributed by atoms with Crippen LogP contribution in [0.15, 0.2) is 39.4 Å². The quantitative estimate of drug-likeness (QED) is 0.900. The van der Waals surface area contributed by atoms with Crippen LogP contribution in [0.1, 0.15) is 16.1 Å². The van der Waals surface area contributed by atoms with E-state index in [0.29, 0.717) is 16.5 Å². The van der Waals surface area contributed by atoms with Gasteiger partial charge in [-0.2, -0.15) is 0 Å². The predicted molar refractivity (Wildman–Crippen MR) is 70.6 cm³/mol. The van der Waals surface area contributed by atoms with Gasteiger partial charge in [0.25, 0.3) is 5.91 Å². The maximum Gasteiger partial charge on any atom is 0.291 e. The van der Waals surface area contributed by atoms with Crippen molar-refractivity contribution in [3.05, 3.63) is 51.3 Å². The Morgan fingerprint density at radius 2 is 2.18 bits per heavy atom. The maximum absolute atomic E-state index is 11.8. The molecule has 0 saturated carbocycles. The summed E-state index contributed by atoms with van der Waals surface area (Å²) in [6.07, 6.45) is 1.48. The van der Waals surface area contributed by atoms with Crippen molar-refractivity contribution in [2.45, 2.75) is 6.92 Å². The minimum Gasteiger partial charge on any atom is -0.459 e. The van der Waals surface area contributed by atoms with Gasteiger partial charge in [-0.05, 0) is 47.1 Å². The van der Waals surface area contributed by atoms with Crippen LogP contribution in [-0.2, 0) is 0 Å². The number of benzene rings is 1. The molecule has 2 aromatic rings. The lowest BCUT2D eigenvalue weighted by Crippen LogP contribution is -2.11. The second kappa shape index (κ2) is 4.94. The van der Waals surface area contributed by atoms with E-state index in [1.165, 1.54) is 6.26 Å². The SMILES string of the molecule is Cc1ccoc1C(=O)Nc1ccc(Br)c(Cl)c1. The van der Waals surface area contributed by atoms with Gasteiger partial charge in [-0.25, -0.2) is 0 Å². The number of hydrogen-bond donors (Lipinski definition) is 1. The number of anilines is 1. The molecule has 0 spiro atoms. The molecular formula is C12H9BrClNO2. The first-order chi connectivity index (χ1) is 8.08. The van der Waals surface area contributed by atoms with Crippen molar-refractivity contribution in [2.24, 2.45) is 0 Å². The molecule has 1 amide bonds. The molecule has 0 aliphatic heterocycles. The molecule has 1 aromatic heterocycles. The molecule has 0 unspecified atom stereocenters. The molecule has 0 atom stereocenters. The Labute approximate surface area is 112 Å². The fraction of sp³-hybridized carbons (Fsp3) is 0.0833. The Kier molecular flexibility index (Phi) is 3.54. The standard InChI is InChI=1S/C12H9BrClNO2/c1-7-4-5-17-11(7)12(16)15-8-2-3-9(13)10(14)6-8/h2-6H,1H3,(H,15,16). The minimum absolute atomic E-state index is 0.286. The lowest BCUT2D eigenvalue weighted by atomic mass is 10.2. The van der Waals surface area contributed by atoms with Crippen molar-refractivity contribution in [3.8, 4) is 0 Å². The first kappa shape index (κ1) is 12.2. The fourth-order valence-corrected chi connectivity index (χ4v) is 1.79. The van der Waals surface area contributed by atoms with E-state index >= 15 is 0 Å². The highest BCUT2D eigenvalue weighted by Crippen LogP contribution is 2.25. The molecule has 1 N–H and O–H groups in total. The third-order valence-corrected chi connectivity index (χ3v) is 3.48. The molecule has 0 aliphatic rings. The summed E-state index contributed by atoms with van der Waals surface area (Å²) in [5, 5.41) is 3.26. The number of hydrogen-bond acceptors (Lipinski definition) is 2. The number of carbonyl (C=O) groups excluding carboxylic acids is 1. The highest BCUT2D eigenvalue weighted by Gasteiger charge is 2.12. The van der Waals surface area contributed by atoms with E-state index in [2.05, 4.69) is 21.2 Å². The molecular weight excluding hydrogens is 305 g/mol. The molecule has 0 bridgehead atoms. The monoisotopic (exact) mass is 313 g/mol. The minimum atomic E-state index is -0.286. The van der Waals surface area contributed by atoms with Crippen LogP contribution in [0.25, 0.3) is 0 Å². The first-order valence-corrected chi connectivity index (χ1v) is 6.05. The Balaban J connectivity index is 2.19. The van der Waals surface area contributed by atoms with Crippen molar-refractivity contribution < 1.29 is 9.21 Å². The van der Waals surface area contributed by atoms with Crippen LogP contribution in [0.4, 0.5) is 5.69 Å². The zero-order valence-electron chi connectivity index (χ0n) is 8.96. The normalized spacial score (nSPS) is 10.3. The van der Waals surface area contributed by atoms with Gasteiger partial charge in [0.15, 0.2) is 5.76 Å². The average molecular weight is 315 g/mol. The van der Waals surface area contributed by atoms with Crippen molar-refractivity contribution in [1.29, 1.82) is 0 Å². The molecule has 1 aromatic carbocycles. The Bertz CT molecular complexity index is 565. The summed E-state index contributed by atoms with van der Waals surface area (Å²) < 4.78 is 5.88. The van der Waals surface area contributed by atoms with Gasteiger partial charge in [0.2, 0.25) is 0 Å². The smallest absolute Gasteiger partial charge is 0.291 e. The number of nitrogens with one attached hydrogen (secondary N) is 1. The summed E-state index contributed by atoms with van der Waals surface area (Å²) in [7, 11) is 0. The van der Waals surface area contributed by atoms with Crippen molar-refractivity contribution in [3.63, 3.8) is 0 Å². The number of rotatable bonds is 2. The Morgan fingerprint density at radius 3 is 2.76 bits per heavy atom. The van der Waals surface area contributed by atoms with E-state index in [-0.39, 0.29) is 5.91 Å². The topological polar surface area (TPSA) is 42.2 Å². The predicted octanol–water partition coefficient (Wildman–Crippen LogP) is 4.26. The zero-order valence-corrected chi connectivity index (χ0v) is 11.3. The number of halogens is 2. The molecule has 3 nitrogen and oxygen atoms in total. The summed E-state index contributed by atoms with van der Waals surface area (Å²) >= 11 is 9.21. The largest absolute Gasteiger partial charge is 0.459 e. The molecule has 0 radical (unpaired) electrons.